The van der Waals surface area contributed by atoms with E-state index >= 15 is 0 Å². The maximum Gasteiger partial charge on any atom is 0.323 e. The van der Waals surface area contributed by atoms with Crippen LogP contribution in [0.1, 0.15) is 38.3 Å². The molecule has 0 atom stereocenters. The summed E-state index contributed by atoms with van der Waals surface area (Å²) in [5.74, 6) is -0.819. The summed E-state index contributed by atoms with van der Waals surface area (Å²) in [5, 5.41) is 12.0. The fourth-order valence-electron chi connectivity index (χ4n) is 1.76. The molecule has 0 saturated carbocycles. The number of aryl methyl sites for hydroxylation is 1. The molecule has 0 radical (unpaired) electrons. The molecule has 3 heteroatoms. The number of aliphatic carboxylic acids is 1. The summed E-state index contributed by atoms with van der Waals surface area (Å²) in [6.07, 6.45) is 3.13. The molecule has 2 N–H and O–H groups in total. The Morgan fingerprint density at radius 2 is 1.67 bits per heavy atom. The van der Waals surface area contributed by atoms with E-state index in [1.54, 1.807) is 13.8 Å². The number of carboxylic acid groups (broad SMARTS) is 1. The molecule has 0 fully saturated rings. The molecule has 1 aromatic carbocycles. The number of hydrogen-bond acceptors (Lipinski definition) is 2. The maximum atomic E-state index is 10.9. The van der Waals surface area contributed by atoms with Crippen LogP contribution in [-0.4, -0.2) is 23.2 Å². The first kappa shape index (κ1) is 14.7. The van der Waals surface area contributed by atoms with Crippen LogP contribution in [0.25, 0.3) is 0 Å². The van der Waals surface area contributed by atoms with E-state index in [2.05, 4.69) is 36.5 Å². The Morgan fingerprint density at radius 1 is 1.17 bits per heavy atom. The molecule has 0 amide bonds. The summed E-state index contributed by atoms with van der Waals surface area (Å²) < 4.78 is 0. The van der Waals surface area contributed by atoms with Crippen molar-refractivity contribution in [1.29, 1.82) is 0 Å². The average Bonchev–Trinajstić information content (AvgIpc) is 2.31. The minimum Gasteiger partial charge on any atom is -0.480 e. The summed E-state index contributed by atoms with van der Waals surface area (Å²) in [7, 11) is 0. The summed E-state index contributed by atoms with van der Waals surface area (Å²) in [4.78, 5) is 10.9. The minimum atomic E-state index is -0.859. The van der Waals surface area contributed by atoms with Crippen molar-refractivity contribution in [3.63, 3.8) is 0 Å². The molecule has 0 spiro atoms. The van der Waals surface area contributed by atoms with Crippen LogP contribution in [-0.2, 0) is 17.6 Å². The highest BCUT2D eigenvalue weighted by Crippen LogP contribution is 2.08. The summed E-state index contributed by atoms with van der Waals surface area (Å²) in [5.41, 5.74) is 1.74. The molecule has 0 bridgehead atoms. The fraction of sp³-hybridized carbons (Fsp3) is 0.533. The van der Waals surface area contributed by atoms with Gasteiger partial charge in [0.25, 0.3) is 0 Å². The summed E-state index contributed by atoms with van der Waals surface area (Å²) in [6.45, 7) is 6.21. The SMILES string of the molecule is CCCc1ccc(CCNC(C)(C)C(=O)O)cc1. The number of rotatable bonds is 7. The Morgan fingerprint density at radius 3 is 2.11 bits per heavy atom. The molecule has 0 saturated heterocycles. The van der Waals surface area contributed by atoms with E-state index in [0.717, 1.165) is 19.3 Å². The van der Waals surface area contributed by atoms with Gasteiger partial charge in [-0.3, -0.25) is 4.79 Å². The second-order valence-electron chi connectivity index (χ2n) is 5.17. The van der Waals surface area contributed by atoms with Crippen molar-refractivity contribution in [2.75, 3.05) is 6.54 Å². The van der Waals surface area contributed by atoms with E-state index in [9.17, 15) is 4.79 Å². The molecule has 100 valence electrons. The van der Waals surface area contributed by atoms with Crippen LogP contribution >= 0.6 is 0 Å². The molecule has 0 heterocycles. The molecule has 0 aromatic heterocycles. The van der Waals surface area contributed by atoms with Gasteiger partial charge < -0.3 is 10.4 Å². The first-order valence-corrected chi connectivity index (χ1v) is 6.52. The van der Waals surface area contributed by atoms with Crippen molar-refractivity contribution in [3.05, 3.63) is 35.4 Å². The van der Waals surface area contributed by atoms with Crippen LogP contribution in [0.15, 0.2) is 24.3 Å². The molecule has 3 nitrogen and oxygen atoms in total. The molecule has 18 heavy (non-hydrogen) atoms. The monoisotopic (exact) mass is 249 g/mol. The molecule has 0 aliphatic heterocycles. The smallest absolute Gasteiger partial charge is 0.323 e. The zero-order chi connectivity index (χ0) is 13.6. The molecule has 0 unspecified atom stereocenters. The number of benzene rings is 1. The number of nitrogens with one attached hydrogen (secondary N) is 1. The zero-order valence-electron chi connectivity index (χ0n) is 11.5. The Bertz CT molecular complexity index is 382. The lowest BCUT2D eigenvalue weighted by atomic mass is 10.0. The van der Waals surface area contributed by atoms with Gasteiger partial charge in [-0.05, 0) is 37.8 Å². The van der Waals surface area contributed by atoms with Crippen molar-refractivity contribution in [2.45, 2.75) is 45.6 Å². The third kappa shape index (κ3) is 4.49. The van der Waals surface area contributed by atoms with Crippen molar-refractivity contribution in [2.24, 2.45) is 0 Å². The van der Waals surface area contributed by atoms with Gasteiger partial charge >= 0.3 is 5.97 Å². The highest BCUT2D eigenvalue weighted by Gasteiger charge is 2.25. The van der Waals surface area contributed by atoms with Crippen LogP contribution < -0.4 is 5.32 Å². The molecule has 1 aromatic rings. The van der Waals surface area contributed by atoms with E-state index < -0.39 is 11.5 Å². The van der Waals surface area contributed by atoms with Gasteiger partial charge in [-0.25, -0.2) is 0 Å². The lowest BCUT2D eigenvalue weighted by Gasteiger charge is -2.20. The largest absolute Gasteiger partial charge is 0.480 e. The molecule has 0 aliphatic rings. The van der Waals surface area contributed by atoms with Gasteiger partial charge in [0.2, 0.25) is 0 Å². The highest BCUT2D eigenvalue weighted by molar-refractivity contribution is 5.77. The van der Waals surface area contributed by atoms with E-state index in [-0.39, 0.29) is 0 Å². The highest BCUT2D eigenvalue weighted by atomic mass is 16.4. The van der Waals surface area contributed by atoms with Gasteiger partial charge in [0.1, 0.15) is 5.54 Å². The topological polar surface area (TPSA) is 49.3 Å². The zero-order valence-corrected chi connectivity index (χ0v) is 11.5. The van der Waals surface area contributed by atoms with Crippen molar-refractivity contribution in [1.82, 2.24) is 5.32 Å². The van der Waals surface area contributed by atoms with Crippen LogP contribution in [0.4, 0.5) is 0 Å². The third-order valence-electron chi connectivity index (χ3n) is 3.08. The Balaban J connectivity index is 2.42. The van der Waals surface area contributed by atoms with Gasteiger partial charge in [0, 0.05) is 6.54 Å². The second kappa shape index (κ2) is 6.55. The van der Waals surface area contributed by atoms with Crippen molar-refractivity contribution >= 4 is 5.97 Å². The first-order valence-electron chi connectivity index (χ1n) is 6.52. The van der Waals surface area contributed by atoms with Gasteiger partial charge in [0.15, 0.2) is 0 Å². The van der Waals surface area contributed by atoms with Crippen LogP contribution in [0.2, 0.25) is 0 Å². The summed E-state index contributed by atoms with van der Waals surface area (Å²) >= 11 is 0. The maximum absolute atomic E-state index is 10.9. The molecule has 1 rings (SSSR count). The van der Waals surface area contributed by atoms with Gasteiger partial charge in [-0.1, -0.05) is 37.6 Å². The molecular weight excluding hydrogens is 226 g/mol. The van der Waals surface area contributed by atoms with Crippen molar-refractivity contribution < 1.29 is 9.90 Å². The minimum absolute atomic E-state index is 0.673. The first-order chi connectivity index (χ1) is 8.45. The van der Waals surface area contributed by atoms with E-state index in [0.29, 0.717) is 6.54 Å². The molecule has 0 aliphatic carbocycles. The Hall–Kier alpha value is -1.35. The van der Waals surface area contributed by atoms with E-state index in [1.165, 1.54) is 11.1 Å². The van der Waals surface area contributed by atoms with Gasteiger partial charge in [0.05, 0.1) is 0 Å². The van der Waals surface area contributed by atoms with E-state index in [1.807, 2.05) is 0 Å². The normalized spacial score (nSPS) is 11.5. The lowest BCUT2D eigenvalue weighted by molar-refractivity contribution is -0.143. The number of carboxylic acids is 1. The third-order valence-corrected chi connectivity index (χ3v) is 3.08. The van der Waals surface area contributed by atoms with Gasteiger partial charge in [-0.2, -0.15) is 0 Å². The summed E-state index contributed by atoms with van der Waals surface area (Å²) in [6, 6.07) is 8.56. The standard InChI is InChI=1S/C15H23NO2/c1-4-5-12-6-8-13(9-7-12)10-11-16-15(2,3)14(17)18/h6-9,16H,4-5,10-11H2,1-3H3,(H,17,18). The quantitative estimate of drug-likeness (QED) is 0.781. The number of carbonyl (C=O) groups is 1. The van der Waals surface area contributed by atoms with E-state index in [4.69, 9.17) is 5.11 Å². The van der Waals surface area contributed by atoms with Crippen LogP contribution in [0.5, 0.6) is 0 Å². The fourth-order valence-corrected chi connectivity index (χ4v) is 1.76. The van der Waals surface area contributed by atoms with Crippen LogP contribution in [0.3, 0.4) is 0 Å². The van der Waals surface area contributed by atoms with Crippen molar-refractivity contribution in [3.8, 4) is 0 Å². The average molecular weight is 249 g/mol. The second-order valence-corrected chi connectivity index (χ2v) is 5.17. The Labute approximate surface area is 109 Å². The van der Waals surface area contributed by atoms with Gasteiger partial charge in [-0.15, -0.1) is 0 Å². The molecular formula is C15H23NO2. The predicted octanol–water partition coefficient (Wildman–Crippen LogP) is 2.63. The Kier molecular flexibility index (Phi) is 5.35. The lowest BCUT2D eigenvalue weighted by Crippen LogP contribution is -2.47. The van der Waals surface area contributed by atoms with Crippen LogP contribution in [0, 0.1) is 0 Å². The predicted molar refractivity (Wildman–Crippen MR) is 73.9 cm³/mol. The number of hydrogen-bond donors (Lipinski definition) is 2.